The van der Waals surface area contributed by atoms with Crippen LogP contribution in [0, 0.1) is 10.1 Å². The molecule has 0 unspecified atom stereocenters. The number of nitro benzene ring substituents is 1. The molecule has 0 aliphatic carbocycles. The van der Waals surface area contributed by atoms with Crippen molar-refractivity contribution >= 4 is 21.6 Å². The molecule has 0 fully saturated rings. The summed E-state index contributed by atoms with van der Waals surface area (Å²) in [6.07, 6.45) is -0.842. The molecule has 0 amide bonds. The summed E-state index contributed by atoms with van der Waals surface area (Å²) in [6, 6.07) is 3.00. The maximum atomic E-state index is 11.1. The molecule has 0 aliphatic heterocycles. The van der Waals surface area contributed by atoms with Crippen molar-refractivity contribution in [2.24, 2.45) is 0 Å². The number of likely N-dealkylation sites (N-methyl/N-ethyl adjacent to an activating group) is 1. The second-order valence-corrected chi connectivity index (χ2v) is 5.34. The zero-order valence-corrected chi connectivity index (χ0v) is 12.7. The van der Waals surface area contributed by atoms with Gasteiger partial charge in [-0.15, -0.1) is 0 Å². The fourth-order valence-corrected chi connectivity index (χ4v) is 2.00. The minimum absolute atomic E-state index is 0.130. The second kappa shape index (κ2) is 6.83. The van der Waals surface area contributed by atoms with E-state index in [1.165, 1.54) is 6.07 Å². The molecule has 0 aliphatic rings. The van der Waals surface area contributed by atoms with Gasteiger partial charge in [0.15, 0.2) is 0 Å². The molecular weight excluding hydrogens is 316 g/mol. The highest BCUT2D eigenvalue weighted by atomic mass is 79.9. The topological polar surface area (TPSA) is 75.8 Å². The standard InChI is InChI=1S/C12H17BrN2O4/c1-8(16)10-6-9(13)7-11(15(17)18)12(10)19-5-4-14(2)3/h6-8,16H,4-5H2,1-3H3/t8-/m0/s1. The van der Waals surface area contributed by atoms with Crippen LogP contribution in [0.2, 0.25) is 0 Å². The highest BCUT2D eigenvalue weighted by Crippen LogP contribution is 2.37. The number of aliphatic hydroxyl groups excluding tert-OH is 1. The highest BCUT2D eigenvalue weighted by molar-refractivity contribution is 9.10. The Balaban J connectivity index is 3.12. The fraction of sp³-hybridized carbons (Fsp3) is 0.500. The van der Waals surface area contributed by atoms with Crippen molar-refractivity contribution in [3.05, 3.63) is 32.3 Å². The van der Waals surface area contributed by atoms with E-state index in [0.29, 0.717) is 23.2 Å². The van der Waals surface area contributed by atoms with Crippen molar-refractivity contribution < 1.29 is 14.8 Å². The number of rotatable bonds is 6. The van der Waals surface area contributed by atoms with Crippen LogP contribution in [-0.4, -0.2) is 42.2 Å². The van der Waals surface area contributed by atoms with E-state index in [4.69, 9.17) is 4.74 Å². The van der Waals surface area contributed by atoms with E-state index < -0.39 is 11.0 Å². The number of hydrogen-bond donors (Lipinski definition) is 1. The summed E-state index contributed by atoms with van der Waals surface area (Å²) in [5.41, 5.74) is 0.254. The largest absolute Gasteiger partial charge is 0.485 e. The van der Waals surface area contributed by atoms with Gasteiger partial charge >= 0.3 is 5.69 Å². The lowest BCUT2D eigenvalue weighted by Gasteiger charge is -2.16. The average Bonchev–Trinajstić information content (AvgIpc) is 2.29. The molecule has 7 heteroatoms. The maximum Gasteiger partial charge on any atom is 0.312 e. The molecule has 1 N–H and O–H groups in total. The Morgan fingerprint density at radius 2 is 2.16 bits per heavy atom. The third kappa shape index (κ3) is 4.45. The second-order valence-electron chi connectivity index (χ2n) is 4.43. The number of ether oxygens (including phenoxy) is 1. The predicted molar refractivity (Wildman–Crippen MR) is 75.5 cm³/mol. The van der Waals surface area contributed by atoms with Crippen molar-refractivity contribution in [2.45, 2.75) is 13.0 Å². The SMILES string of the molecule is C[C@H](O)c1cc(Br)cc([N+](=O)[O-])c1OCCN(C)C. The lowest BCUT2D eigenvalue weighted by atomic mass is 10.1. The first-order chi connectivity index (χ1) is 8.82. The van der Waals surface area contributed by atoms with Gasteiger partial charge < -0.3 is 14.7 Å². The minimum Gasteiger partial charge on any atom is -0.485 e. The number of hydrogen-bond acceptors (Lipinski definition) is 5. The van der Waals surface area contributed by atoms with Gasteiger partial charge in [-0.25, -0.2) is 0 Å². The van der Waals surface area contributed by atoms with Crippen molar-refractivity contribution in [3.8, 4) is 5.75 Å². The van der Waals surface area contributed by atoms with E-state index in [2.05, 4.69) is 15.9 Å². The van der Waals surface area contributed by atoms with Crippen LogP contribution in [0.4, 0.5) is 5.69 Å². The monoisotopic (exact) mass is 332 g/mol. The van der Waals surface area contributed by atoms with Gasteiger partial charge in [-0.3, -0.25) is 10.1 Å². The molecule has 1 aromatic rings. The van der Waals surface area contributed by atoms with Crippen molar-refractivity contribution in [1.82, 2.24) is 4.90 Å². The van der Waals surface area contributed by atoms with Crippen molar-refractivity contribution in [1.29, 1.82) is 0 Å². The number of nitro groups is 1. The molecule has 106 valence electrons. The Bertz CT molecular complexity index is 463. The molecule has 0 saturated carbocycles. The van der Waals surface area contributed by atoms with Gasteiger partial charge in [-0.1, -0.05) is 15.9 Å². The zero-order valence-electron chi connectivity index (χ0n) is 11.1. The Hall–Kier alpha value is -1.18. The van der Waals surface area contributed by atoms with Crippen LogP contribution in [0.3, 0.4) is 0 Å². The van der Waals surface area contributed by atoms with Crippen LogP contribution in [-0.2, 0) is 0 Å². The summed E-state index contributed by atoms with van der Waals surface area (Å²) in [5.74, 6) is 0.130. The lowest BCUT2D eigenvalue weighted by Crippen LogP contribution is -2.20. The Kier molecular flexibility index (Phi) is 5.71. The molecule has 1 atom stereocenters. The first kappa shape index (κ1) is 15.9. The van der Waals surface area contributed by atoms with E-state index >= 15 is 0 Å². The van der Waals surface area contributed by atoms with E-state index in [1.54, 1.807) is 13.0 Å². The average molecular weight is 333 g/mol. The number of halogens is 1. The molecule has 19 heavy (non-hydrogen) atoms. The van der Waals surface area contributed by atoms with Crippen molar-refractivity contribution in [2.75, 3.05) is 27.2 Å². The Labute approximate surface area is 120 Å². The van der Waals surface area contributed by atoms with Crippen LogP contribution in [0.1, 0.15) is 18.6 Å². The summed E-state index contributed by atoms with van der Waals surface area (Å²) < 4.78 is 6.03. The summed E-state index contributed by atoms with van der Waals surface area (Å²) in [7, 11) is 3.77. The third-order valence-corrected chi connectivity index (χ3v) is 2.95. The number of benzene rings is 1. The van der Waals surface area contributed by atoms with Gasteiger partial charge in [0.25, 0.3) is 0 Å². The van der Waals surface area contributed by atoms with Crippen LogP contribution in [0.15, 0.2) is 16.6 Å². The number of aliphatic hydroxyl groups is 1. The Morgan fingerprint density at radius 3 is 2.63 bits per heavy atom. The molecule has 6 nitrogen and oxygen atoms in total. The third-order valence-electron chi connectivity index (χ3n) is 2.49. The zero-order chi connectivity index (χ0) is 14.6. The molecule has 0 aromatic heterocycles. The van der Waals surface area contributed by atoms with Crippen LogP contribution in [0.25, 0.3) is 0 Å². The van der Waals surface area contributed by atoms with Crippen LogP contribution in [0.5, 0.6) is 5.75 Å². The normalized spacial score (nSPS) is 12.5. The smallest absolute Gasteiger partial charge is 0.312 e. The maximum absolute atomic E-state index is 11.1. The minimum atomic E-state index is -0.842. The molecule has 0 heterocycles. The van der Waals surface area contributed by atoms with E-state index in [1.807, 2.05) is 19.0 Å². The Morgan fingerprint density at radius 1 is 1.53 bits per heavy atom. The van der Waals surface area contributed by atoms with E-state index in [0.717, 1.165) is 0 Å². The van der Waals surface area contributed by atoms with Gasteiger partial charge in [0.05, 0.1) is 11.0 Å². The van der Waals surface area contributed by atoms with Crippen molar-refractivity contribution in [3.63, 3.8) is 0 Å². The molecule has 0 spiro atoms. The molecule has 1 aromatic carbocycles. The van der Waals surface area contributed by atoms with Gasteiger partial charge in [-0.05, 0) is 27.1 Å². The fourth-order valence-electron chi connectivity index (χ4n) is 1.53. The first-order valence-corrected chi connectivity index (χ1v) is 6.55. The molecule has 0 bridgehead atoms. The highest BCUT2D eigenvalue weighted by Gasteiger charge is 2.23. The van der Waals surface area contributed by atoms with Gasteiger partial charge in [0.1, 0.15) is 6.61 Å². The van der Waals surface area contributed by atoms with Crippen LogP contribution < -0.4 is 4.74 Å². The quantitative estimate of drug-likeness (QED) is 0.639. The first-order valence-electron chi connectivity index (χ1n) is 5.76. The molecule has 0 radical (unpaired) electrons. The van der Waals surface area contributed by atoms with E-state index in [9.17, 15) is 15.2 Å². The summed E-state index contributed by atoms with van der Waals surface area (Å²) in [5, 5.41) is 20.8. The lowest BCUT2D eigenvalue weighted by molar-refractivity contribution is -0.386. The number of nitrogens with zero attached hydrogens (tertiary/aromatic N) is 2. The predicted octanol–water partition coefficient (Wildman–Crippen LogP) is 2.35. The van der Waals surface area contributed by atoms with Gasteiger partial charge in [0, 0.05) is 22.6 Å². The summed E-state index contributed by atoms with van der Waals surface area (Å²) in [4.78, 5) is 12.5. The van der Waals surface area contributed by atoms with E-state index in [-0.39, 0.29) is 11.4 Å². The summed E-state index contributed by atoms with van der Waals surface area (Å²) in [6.45, 7) is 2.49. The van der Waals surface area contributed by atoms with Gasteiger partial charge in [0.2, 0.25) is 5.75 Å². The molecule has 1 rings (SSSR count). The van der Waals surface area contributed by atoms with Crippen LogP contribution >= 0.6 is 15.9 Å². The molecule has 0 saturated heterocycles. The summed E-state index contributed by atoms with van der Waals surface area (Å²) >= 11 is 3.20. The molecular formula is C12H17BrN2O4. The van der Waals surface area contributed by atoms with Gasteiger partial charge in [-0.2, -0.15) is 0 Å².